The van der Waals surface area contributed by atoms with E-state index in [0.717, 1.165) is 12.0 Å². The van der Waals surface area contributed by atoms with E-state index in [1.54, 1.807) is 11.3 Å². The van der Waals surface area contributed by atoms with Gasteiger partial charge in [0, 0.05) is 22.6 Å². The number of rotatable bonds is 5. The van der Waals surface area contributed by atoms with Crippen molar-refractivity contribution in [1.29, 1.82) is 0 Å². The lowest BCUT2D eigenvalue weighted by molar-refractivity contribution is -0.117. The Morgan fingerprint density at radius 1 is 1.00 bits per heavy atom. The van der Waals surface area contributed by atoms with Gasteiger partial charge >= 0.3 is 0 Å². The van der Waals surface area contributed by atoms with Crippen molar-refractivity contribution in [2.45, 2.75) is 40.0 Å². The first kappa shape index (κ1) is 14.0. The van der Waals surface area contributed by atoms with Gasteiger partial charge in [-0.25, -0.2) is 0 Å². The Kier molecular flexibility index (Phi) is 4.54. The predicted molar refractivity (Wildman–Crippen MR) is 82.0 cm³/mol. The van der Waals surface area contributed by atoms with E-state index in [4.69, 9.17) is 0 Å². The molecular formula is C17H20OS. The lowest BCUT2D eigenvalue weighted by atomic mass is 10.0. The number of hydrogen-bond acceptors (Lipinski definition) is 2. The second-order valence-corrected chi connectivity index (χ2v) is 6.36. The Morgan fingerprint density at radius 3 is 2.21 bits per heavy atom. The van der Waals surface area contributed by atoms with Crippen LogP contribution < -0.4 is 0 Å². The zero-order valence-electron chi connectivity index (χ0n) is 11.8. The fourth-order valence-electron chi connectivity index (χ4n) is 2.36. The molecule has 1 heterocycles. The SMILES string of the molecule is CCc1ccc(CC(=O)Cc2cc(C)cc(C)c2)s1. The van der Waals surface area contributed by atoms with Crippen LogP contribution >= 0.6 is 11.3 Å². The second-order valence-electron chi connectivity index (χ2n) is 5.11. The number of Topliss-reactive ketones (excluding diaryl/α,β-unsaturated/α-hetero) is 1. The summed E-state index contributed by atoms with van der Waals surface area (Å²) in [5, 5.41) is 0. The Hall–Kier alpha value is -1.41. The molecule has 0 saturated carbocycles. The summed E-state index contributed by atoms with van der Waals surface area (Å²) < 4.78 is 0. The van der Waals surface area contributed by atoms with Crippen molar-refractivity contribution < 1.29 is 4.79 Å². The van der Waals surface area contributed by atoms with Gasteiger partial charge in [-0.15, -0.1) is 11.3 Å². The molecule has 1 aromatic heterocycles. The summed E-state index contributed by atoms with van der Waals surface area (Å²) in [4.78, 5) is 14.7. The van der Waals surface area contributed by atoms with Gasteiger partial charge in [0.05, 0.1) is 0 Å². The zero-order chi connectivity index (χ0) is 13.8. The maximum absolute atomic E-state index is 12.1. The van der Waals surface area contributed by atoms with Crippen LogP contribution in [0, 0.1) is 13.8 Å². The van der Waals surface area contributed by atoms with Crippen molar-refractivity contribution in [2.24, 2.45) is 0 Å². The lowest BCUT2D eigenvalue weighted by Crippen LogP contribution is -2.05. The van der Waals surface area contributed by atoms with E-state index in [2.05, 4.69) is 51.1 Å². The lowest BCUT2D eigenvalue weighted by Gasteiger charge is -2.04. The summed E-state index contributed by atoms with van der Waals surface area (Å²) >= 11 is 1.76. The van der Waals surface area contributed by atoms with Crippen molar-refractivity contribution in [1.82, 2.24) is 0 Å². The molecule has 2 rings (SSSR count). The fraction of sp³-hybridized carbons (Fsp3) is 0.353. The maximum atomic E-state index is 12.1. The van der Waals surface area contributed by atoms with Crippen molar-refractivity contribution in [2.75, 3.05) is 0 Å². The minimum Gasteiger partial charge on any atom is -0.299 e. The first-order valence-electron chi connectivity index (χ1n) is 6.73. The number of carbonyl (C=O) groups is 1. The second kappa shape index (κ2) is 6.16. The summed E-state index contributed by atoms with van der Waals surface area (Å²) in [5.74, 6) is 0.300. The third-order valence-electron chi connectivity index (χ3n) is 3.12. The van der Waals surface area contributed by atoms with Crippen LogP contribution in [-0.2, 0) is 24.1 Å². The van der Waals surface area contributed by atoms with Crippen LogP contribution in [0.3, 0.4) is 0 Å². The Labute approximate surface area is 119 Å². The highest BCUT2D eigenvalue weighted by Crippen LogP contribution is 2.18. The molecule has 0 bridgehead atoms. The highest BCUT2D eigenvalue weighted by molar-refractivity contribution is 7.12. The Bertz CT molecular complexity index is 560. The van der Waals surface area contributed by atoms with Gasteiger partial charge in [0.15, 0.2) is 0 Å². The standard InChI is InChI=1S/C17H20OS/c1-4-16-5-6-17(19-16)11-15(18)10-14-8-12(2)7-13(3)9-14/h5-9H,4,10-11H2,1-3H3. The molecule has 0 aliphatic carbocycles. The van der Waals surface area contributed by atoms with Crippen LogP contribution in [0.5, 0.6) is 0 Å². The van der Waals surface area contributed by atoms with Gasteiger partial charge in [0.2, 0.25) is 0 Å². The minimum absolute atomic E-state index is 0.300. The molecule has 0 unspecified atom stereocenters. The maximum Gasteiger partial charge on any atom is 0.142 e. The van der Waals surface area contributed by atoms with E-state index in [1.165, 1.54) is 20.9 Å². The van der Waals surface area contributed by atoms with Crippen LogP contribution in [0.4, 0.5) is 0 Å². The first-order chi connectivity index (χ1) is 9.06. The topological polar surface area (TPSA) is 17.1 Å². The Balaban J connectivity index is 2.00. The van der Waals surface area contributed by atoms with E-state index < -0.39 is 0 Å². The quantitative estimate of drug-likeness (QED) is 0.794. The predicted octanol–water partition coefficient (Wildman–Crippen LogP) is 4.28. The first-order valence-corrected chi connectivity index (χ1v) is 7.55. The number of thiophene rings is 1. The van der Waals surface area contributed by atoms with Gasteiger partial charge in [0.25, 0.3) is 0 Å². The molecule has 2 aromatic rings. The Morgan fingerprint density at radius 2 is 1.63 bits per heavy atom. The fourth-order valence-corrected chi connectivity index (χ4v) is 3.35. The van der Waals surface area contributed by atoms with Crippen molar-refractivity contribution in [3.05, 3.63) is 56.8 Å². The monoisotopic (exact) mass is 272 g/mol. The van der Waals surface area contributed by atoms with Crippen LogP contribution in [0.1, 0.15) is 33.4 Å². The van der Waals surface area contributed by atoms with Gasteiger partial charge < -0.3 is 0 Å². The van der Waals surface area contributed by atoms with Crippen LogP contribution in [0.15, 0.2) is 30.3 Å². The molecule has 19 heavy (non-hydrogen) atoms. The molecule has 0 spiro atoms. The molecule has 0 radical (unpaired) electrons. The largest absolute Gasteiger partial charge is 0.299 e. The summed E-state index contributed by atoms with van der Waals surface area (Å²) in [6.07, 6.45) is 2.16. The summed E-state index contributed by atoms with van der Waals surface area (Å²) in [6, 6.07) is 10.6. The number of hydrogen-bond donors (Lipinski definition) is 0. The van der Waals surface area contributed by atoms with Crippen LogP contribution in [-0.4, -0.2) is 5.78 Å². The van der Waals surface area contributed by atoms with Gasteiger partial charge in [-0.05, 0) is 38.0 Å². The van der Waals surface area contributed by atoms with E-state index >= 15 is 0 Å². The van der Waals surface area contributed by atoms with E-state index in [0.29, 0.717) is 18.6 Å². The van der Waals surface area contributed by atoms with E-state index in [9.17, 15) is 4.79 Å². The highest BCUT2D eigenvalue weighted by atomic mass is 32.1. The van der Waals surface area contributed by atoms with E-state index in [1.807, 2.05) is 0 Å². The number of carbonyl (C=O) groups excluding carboxylic acids is 1. The molecule has 0 aliphatic rings. The molecule has 2 heteroatoms. The molecule has 0 amide bonds. The summed E-state index contributed by atoms with van der Waals surface area (Å²) in [5.41, 5.74) is 3.59. The minimum atomic E-state index is 0.300. The molecule has 0 N–H and O–H groups in total. The molecule has 1 aromatic carbocycles. The van der Waals surface area contributed by atoms with Gasteiger partial charge in [-0.2, -0.15) is 0 Å². The molecular weight excluding hydrogens is 252 g/mol. The summed E-state index contributed by atoms with van der Waals surface area (Å²) in [6.45, 7) is 6.30. The third-order valence-corrected chi connectivity index (χ3v) is 4.35. The number of ketones is 1. The zero-order valence-corrected chi connectivity index (χ0v) is 12.6. The van der Waals surface area contributed by atoms with Crippen molar-refractivity contribution >= 4 is 17.1 Å². The van der Waals surface area contributed by atoms with Gasteiger partial charge in [-0.1, -0.05) is 36.2 Å². The highest BCUT2D eigenvalue weighted by Gasteiger charge is 2.08. The molecule has 100 valence electrons. The molecule has 0 saturated heterocycles. The normalized spacial score (nSPS) is 10.7. The molecule has 0 fully saturated rings. The van der Waals surface area contributed by atoms with Crippen molar-refractivity contribution in [3.8, 4) is 0 Å². The third kappa shape index (κ3) is 4.03. The van der Waals surface area contributed by atoms with E-state index in [-0.39, 0.29) is 0 Å². The molecule has 0 atom stereocenters. The summed E-state index contributed by atoms with van der Waals surface area (Å²) in [7, 11) is 0. The van der Waals surface area contributed by atoms with Crippen LogP contribution in [0.2, 0.25) is 0 Å². The van der Waals surface area contributed by atoms with Gasteiger partial charge in [0.1, 0.15) is 5.78 Å². The average Bonchev–Trinajstić information content (AvgIpc) is 2.74. The number of benzene rings is 1. The molecule has 0 aliphatic heterocycles. The smallest absolute Gasteiger partial charge is 0.142 e. The molecule has 1 nitrogen and oxygen atoms in total. The van der Waals surface area contributed by atoms with Gasteiger partial charge in [-0.3, -0.25) is 4.79 Å². The van der Waals surface area contributed by atoms with Crippen LogP contribution in [0.25, 0.3) is 0 Å². The average molecular weight is 272 g/mol. The number of aryl methyl sites for hydroxylation is 3. The van der Waals surface area contributed by atoms with Crippen molar-refractivity contribution in [3.63, 3.8) is 0 Å².